The fraction of sp³-hybridized carbons (Fsp3) is 0.814. The van der Waals surface area contributed by atoms with Gasteiger partial charge in [0.15, 0.2) is 0 Å². The molecule has 3 atom stereocenters. The first-order valence-corrected chi connectivity index (χ1v) is 20.1. The SMILES string of the molecule is CCCCC/C=C\C/C=C\CCCCCCCCO[C@H]1C[C@H](CC)C[C@H]1OCCCCCCCC/C=C\C/C=C\CCCCC. The molecule has 0 heterocycles. The number of hydrogen-bond acceptors (Lipinski definition) is 2. The van der Waals surface area contributed by atoms with Crippen LogP contribution in [-0.4, -0.2) is 25.4 Å². The summed E-state index contributed by atoms with van der Waals surface area (Å²) in [5.74, 6) is 0.784. The molecule has 1 rings (SSSR count). The van der Waals surface area contributed by atoms with Crippen molar-refractivity contribution in [3.05, 3.63) is 48.6 Å². The molecule has 0 aromatic rings. The van der Waals surface area contributed by atoms with Crippen molar-refractivity contribution in [2.24, 2.45) is 5.92 Å². The lowest BCUT2D eigenvalue weighted by Crippen LogP contribution is -2.27. The second-order valence-electron chi connectivity index (χ2n) is 13.7. The van der Waals surface area contributed by atoms with Gasteiger partial charge < -0.3 is 9.47 Å². The van der Waals surface area contributed by atoms with Gasteiger partial charge in [-0.2, -0.15) is 0 Å². The molecule has 45 heavy (non-hydrogen) atoms. The van der Waals surface area contributed by atoms with Gasteiger partial charge in [-0.3, -0.25) is 0 Å². The first-order chi connectivity index (χ1) is 22.3. The molecule has 0 N–H and O–H groups in total. The lowest BCUT2D eigenvalue weighted by molar-refractivity contribution is -0.0578. The van der Waals surface area contributed by atoms with Gasteiger partial charge in [-0.05, 0) is 95.8 Å². The Morgan fingerprint density at radius 2 is 0.733 bits per heavy atom. The number of allylic oxidation sites excluding steroid dienone is 8. The molecule has 2 heteroatoms. The van der Waals surface area contributed by atoms with Gasteiger partial charge >= 0.3 is 0 Å². The molecule has 0 radical (unpaired) electrons. The van der Waals surface area contributed by atoms with Crippen LogP contribution in [0.15, 0.2) is 48.6 Å². The van der Waals surface area contributed by atoms with Crippen molar-refractivity contribution in [1.82, 2.24) is 0 Å². The Hall–Kier alpha value is -1.12. The average molecular weight is 627 g/mol. The summed E-state index contributed by atoms with van der Waals surface area (Å²) < 4.78 is 12.8. The van der Waals surface area contributed by atoms with E-state index in [1.54, 1.807) is 0 Å². The van der Waals surface area contributed by atoms with E-state index in [0.717, 1.165) is 32.0 Å². The van der Waals surface area contributed by atoms with Crippen molar-refractivity contribution < 1.29 is 9.47 Å². The Balaban J connectivity index is 1.95. The number of ether oxygens (including phenoxy) is 2. The second kappa shape index (κ2) is 34.2. The summed E-state index contributed by atoms with van der Waals surface area (Å²) in [5, 5.41) is 0. The van der Waals surface area contributed by atoms with Crippen LogP contribution in [-0.2, 0) is 9.47 Å². The zero-order valence-electron chi connectivity index (χ0n) is 30.7. The molecule has 0 bridgehead atoms. The third-order valence-corrected chi connectivity index (χ3v) is 9.48. The molecule has 2 nitrogen and oxygen atoms in total. The first kappa shape index (κ1) is 41.9. The van der Waals surface area contributed by atoms with E-state index in [1.807, 2.05) is 0 Å². The van der Waals surface area contributed by atoms with Crippen LogP contribution >= 0.6 is 0 Å². The first-order valence-electron chi connectivity index (χ1n) is 20.1. The summed E-state index contributed by atoms with van der Waals surface area (Å²) in [6.45, 7) is 8.70. The van der Waals surface area contributed by atoms with E-state index in [-0.39, 0.29) is 0 Å². The summed E-state index contributed by atoms with van der Waals surface area (Å²) in [6, 6.07) is 0. The predicted molar refractivity (Wildman–Crippen MR) is 201 cm³/mol. The molecule has 262 valence electrons. The van der Waals surface area contributed by atoms with Crippen LogP contribution in [0.1, 0.15) is 194 Å². The highest BCUT2D eigenvalue weighted by Crippen LogP contribution is 2.33. The number of unbranched alkanes of at least 4 members (excludes halogenated alkanes) is 18. The van der Waals surface area contributed by atoms with Crippen molar-refractivity contribution >= 4 is 0 Å². The Kier molecular flexibility index (Phi) is 31.9. The third kappa shape index (κ3) is 27.7. The maximum Gasteiger partial charge on any atom is 0.0839 e. The maximum absolute atomic E-state index is 6.40. The second-order valence-corrected chi connectivity index (χ2v) is 13.7. The van der Waals surface area contributed by atoms with E-state index in [0.29, 0.717) is 12.2 Å². The average Bonchev–Trinajstić information content (AvgIpc) is 3.45. The molecule has 1 saturated carbocycles. The van der Waals surface area contributed by atoms with E-state index >= 15 is 0 Å². The molecule has 0 unspecified atom stereocenters. The Labute approximate surface area is 283 Å². The molecule has 0 amide bonds. The van der Waals surface area contributed by atoms with Crippen LogP contribution < -0.4 is 0 Å². The van der Waals surface area contributed by atoms with Gasteiger partial charge in [0.25, 0.3) is 0 Å². The Morgan fingerprint density at radius 3 is 1.09 bits per heavy atom. The van der Waals surface area contributed by atoms with E-state index in [1.165, 1.54) is 161 Å². The van der Waals surface area contributed by atoms with Gasteiger partial charge in [0, 0.05) is 13.2 Å². The quantitative estimate of drug-likeness (QED) is 0.0533. The van der Waals surface area contributed by atoms with Crippen molar-refractivity contribution in [1.29, 1.82) is 0 Å². The smallest absolute Gasteiger partial charge is 0.0839 e. The summed E-state index contributed by atoms with van der Waals surface area (Å²) in [7, 11) is 0. The van der Waals surface area contributed by atoms with Gasteiger partial charge in [-0.25, -0.2) is 0 Å². The molecule has 0 spiro atoms. The summed E-state index contributed by atoms with van der Waals surface area (Å²) in [4.78, 5) is 0. The summed E-state index contributed by atoms with van der Waals surface area (Å²) in [5.41, 5.74) is 0. The van der Waals surface area contributed by atoms with E-state index in [9.17, 15) is 0 Å². The van der Waals surface area contributed by atoms with Gasteiger partial charge in [0.1, 0.15) is 0 Å². The minimum Gasteiger partial charge on any atom is -0.376 e. The molecular weight excluding hydrogens is 548 g/mol. The van der Waals surface area contributed by atoms with Crippen LogP contribution in [0.5, 0.6) is 0 Å². The van der Waals surface area contributed by atoms with Gasteiger partial charge in [-0.1, -0.05) is 153 Å². The molecule has 0 aromatic heterocycles. The standard InChI is InChI=1S/C43H78O2/c1-4-7-9-11-13-15-17-19-21-23-25-27-29-31-33-35-37-44-42-39-41(6-3)40-43(42)45-38-36-34-32-30-28-26-24-22-20-18-16-14-12-10-8-5-2/h13-16,19-22,41-43H,4-12,17-18,23-40H2,1-3H3/b15-13-,16-14-,21-19-,22-20-/t41-,42-,43+. The molecule has 0 aliphatic heterocycles. The fourth-order valence-electron chi connectivity index (χ4n) is 6.39. The fourth-order valence-corrected chi connectivity index (χ4v) is 6.39. The molecule has 1 fully saturated rings. The van der Waals surface area contributed by atoms with Crippen molar-refractivity contribution in [3.63, 3.8) is 0 Å². The third-order valence-electron chi connectivity index (χ3n) is 9.48. The summed E-state index contributed by atoms with van der Waals surface area (Å²) >= 11 is 0. The van der Waals surface area contributed by atoms with Crippen molar-refractivity contribution in [2.45, 2.75) is 206 Å². The van der Waals surface area contributed by atoms with E-state index in [4.69, 9.17) is 9.47 Å². The van der Waals surface area contributed by atoms with Crippen LogP contribution in [0, 0.1) is 5.92 Å². The highest BCUT2D eigenvalue weighted by atomic mass is 16.5. The van der Waals surface area contributed by atoms with Crippen molar-refractivity contribution in [3.8, 4) is 0 Å². The van der Waals surface area contributed by atoms with Crippen LogP contribution in [0.25, 0.3) is 0 Å². The van der Waals surface area contributed by atoms with Gasteiger partial charge in [0.05, 0.1) is 12.2 Å². The van der Waals surface area contributed by atoms with Gasteiger partial charge in [0.2, 0.25) is 0 Å². The van der Waals surface area contributed by atoms with E-state index < -0.39 is 0 Å². The van der Waals surface area contributed by atoms with Gasteiger partial charge in [-0.15, -0.1) is 0 Å². The highest BCUT2D eigenvalue weighted by molar-refractivity contribution is 4.93. The highest BCUT2D eigenvalue weighted by Gasteiger charge is 2.34. The molecular formula is C43H78O2. The lowest BCUT2D eigenvalue weighted by atomic mass is 10.1. The molecule has 1 aliphatic rings. The zero-order chi connectivity index (χ0) is 32.3. The number of rotatable bonds is 33. The largest absolute Gasteiger partial charge is 0.376 e. The Morgan fingerprint density at radius 1 is 0.400 bits per heavy atom. The normalized spacial score (nSPS) is 19.0. The number of hydrogen-bond donors (Lipinski definition) is 0. The van der Waals surface area contributed by atoms with Crippen LogP contribution in [0.4, 0.5) is 0 Å². The maximum atomic E-state index is 6.40. The molecule has 0 saturated heterocycles. The topological polar surface area (TPSA) is 18.5 Å². The van der Waals surface area contributed by atoms with Crippen molar-refractivity contribution in [2.75, 3.05) is 13.2 Å². The minimum atomic E-state index is 0.331. The van der Waals surface area contributed by atoms with Crippen LogP contribution in [0.2, 0.25) is 0 Å². The monoisotopic (exact) mass is 627 g/mol. The minimum absolute atomic E-state index is 0.331. The van der Waals surface area contributed by atoms with Crippen LogP contribution in [0.3, 0.4) is 0 Å². The molecule has 0 aromatic carbocycles. The summed E-state index contributed by atoms with van der Waals surface area (Å²) in [6.07, 6.45) is 54.2. The lowest BCUT2D eigenvalue weighted by Gasteiger charge is -2.21. The zero-order valence-corrected chi connectivity index (χ0v) is 30.7. The Bertz CT molecular complexity index is 647. The molecule has 1 aliphatic carbocycles. The van der Waals surface area contributed by atoms with E-state index in [2.05, 4.69) is 69.4 Å². The predicted octanol–water partition coefficient (Wildman–Crippen LogP) is 14.2.